The number of rotatable bonds is 4. The minimum Gasteiger partial charge on any atom is -0.364 e. The van der Waals surface area contributed by atoms with Crippen LogP contribution in [-0.2, 0) is 0 Å². The van der Waals surface area contributed by atoms with Crippen molar-refractivity contribution in [1.29, 1.82) is 0 Å². The second-order valence-corrected chi connectivity index (χ2v) is 2.75. The van der Waals surface area contributed by atoms with Gasteiger partial charge in [-0.25, -0.2) is 0 Å². The van der Waals surface area contributed by atoms with Crippen molar-refractivity contribution < 1.29 is 0 Å². The summed E-state index contributed by atoms with van der Waals surface area (Å²) in [5.41, 5.74) is 1.62. The van der Waals surface area contributed by atoms with Crippen LogP contribution in [0.15, 0.2) is 11.4 Å². The van der Waals surface area contributed by atoms with Crippen LogP contribution in [0, 0.1) is 0 Å². The molecule has 0 aromatic rings. The Balaban J connectivity index is 4.23. The topological polar surface area (TPSA) is 6.48 Å². The molecule has 0 spiro atoms. The summed E-state index contributed by atoms with van der Waals surface area (Å²) in [5, 5.41) is 0. The second kappa shape index (κ2) is 5.30. The fourth-order valence-electron chi connectivity index (χ4n) is 0.997. The predicted octanol–water partition coefficient (Wildman–Crippen LogP) is 1.93. The first-order valence-corrected chi connectivity index (χ1v) is 4.33. The van der Waals surface area contributed by atoms with Crippen LogP contribution < -0.4 is 0 Å². The van der Waals surface area contributed by atoms with Crippen molar-refractivity contribution in [2.75, 3.05) is 27.2 Å². The van der Waals surface area contributed by atoms with Crippen molar-refractivity contribution in [2.45, 2.75) is 13.8 Å². The van der Waals surface area contributed by atoms with Gasteiger partial charge >= 0.3 is 0 Å². The zero-order valence-electron chi connectivity index (χ0n) is 7.76. The Morgan fingerprint density at radius 3 is 1.82 bits per heavy atom. The Morgan fingerprint density at radius 2 is 1.73 bits per heavy atom. The summed E-state index contributed by atoms with van der Waals surface area (Å²) in [6.45, 7) is 6.22. The molecule has 0 radical (unpaired) electrons. The van der Waals surface area contributed by atoms with Gasteiger partial charge in [0, 0.05) is 32.7 Å². The Labute approximate surface area is 74.4 Å². The van der Waals surface area contributed by atoms with Crippen molar-refractivity contribution in [2.24, 2.45) is 0 Å². The SMILES string of the molecule is CCN(CC)/C(=C/Cl)N(C)C. The lowest BCUT2D eigenvalue weighted by Crippen LogP contribution is -2.30. The summed E-state index contributed by atoms with van der Waals surface area (Å²) < 4.78 is 0. The minimum absolute atomic E-state index is 0.993. The molecule has 0 heterocycles. The lowest BCUT2D eigenvalue weighted by atomic mass is 10.5. The molecule has 2 nitrogen and oxygen atoms in total. The fraction of sp³-hybridized carbons (Fsp3) is 0.750. The Kier molecular flexibility index (Phi) is 5.12. The highest BCUT2D eigenvalue weighted by molar-refractivity contribution is 6.25. The zero-order chi connectivity index (χ0) is 8.85. The summed E-state index contributed by atoms with van der Waals surface area (Å²) in [6, 6.07) is 0. The van der Waals surface area contributed by atoms with Gasteiger partial charge in [0.15, 0.2) is 0 Å². The molecule has 0 saturated carbocycles. The van der Waals surface area contributed by atoms with E-state index in [0.717, 1.165) is 18.9 Å². The Hall–Kier alpha value is -0.370. The molecule has 0 atom stereocenters. The molecule has 0 aliphatic rings. The van der Waals surface area contributed by atoms with Gasteiger partial charge in [0.1, 0.15) is 5.82 Å². The third-order valence-electron chi connectivity index (χ3n) is 1.64. The molecular formula is C8H17ClN2. The summed E-state index contributed by atoms with van der Waals surface area (Å²) >= 11 is 5.67. The molecule has 0 amide bonds. The molecule has 0 fully saturated rings. The summed E-state index contributed by atoms with van der Waals surface area (Å²) in [5.74, 6) is 1.07. The normalized spacial score (nSPS) is 11.5. The van der Waals surface area contributed by atoms with Crippen molar-refractivity contribution in [3.8, 4) is 0 Å². The van der Waals surface area contributed by atoms with Crippen LogP contribution in [0.5, 0.6) is 0 Å². The number of halogens is 1. The molecular weight excluding hydrogens is 160 g/mol. The van der Waals surface area contributed by atoms with Gasteiger partial charge in [0.2, 0.25) is 0 Å². The maximum Gasteiger partial charge on any atom is 0.115 e. The summed E-state index contributed by atoms with van der Waals surface area (Å²) in [6.07, 6.45) is 0. The monoisotopic (exact) mass is 176 g/mol. The van der Waals surface area contributed by atoms with Gasteiger partial charge < -0.3 is 9.80 Å². The molecule has 0 unspecified atom stereocenters. The van der Waals surface area contributed by atoms with Gasteiger partial charge in [0.25, 0.3) is 0 Å². The van der Waals surface area contributed by atoms with Crippen LogP contribution in [0.2, 0.25) is 0 Å². The maximum atomic E-state index is 5.67. The molecule has 0 saturated heterocycles. The van der Waals surface area contributed by atoms with E-state index in [1.165, 1.54) is 0 Å². The Bertz CT molecular complexity index is 128. The average molecular weight is 177 g/mol. The molecule has 0 N–H and O–H groups in total. The third kappa shape index (κ3) is 3.02. The lowest BCUT2D eigenvalue weighted by molar-refractivity contribution is 0.279. The molecule has 0 aromatic heterocycles. The predicted molar refractivity (Wildman–Crippen MR) is 50.5 cm³/mol. The van der Waals surface area contributed by atoms with E-state index in [1.807, 2.05) is 19.0 Å². The first-order chi connectivity index (χ1) is 5.17. The molecule has 0 bridgehead atoms. The molecule has 66 valence electrons. The van der Waals surface area contributed by atoms with E-state index in [2.05, 4.69) is 18.7 Å². The van der Waals surface area contributed by atoms with Crippen molar-refractivity contribution in [3.05, 3.63) is 11.4 Å². The van der Waals surface area contributed by atoms with Crippen LogP contribution in [0.4, 0.5) is 0 Å². The largest absolute Gasteiger partial charge is 0.364 e. The van der Waals surface area contributed by atoms with Crippen LogP contribution in [0.1, 0.15) is 13.8 Å². The summed E-state index contributed by atoms with van der Waals surface area (Å²) in [7, 11) is 3.99. The second-order valence-electron chi connectivity index (χ2n) is 2.53. The molecule has 0 aliphatic heterocycles. The third-order valence-corrected chi connectivity index (χ3v) is 1.84. The molecule has 11 heavy (non-hydrogen) atoms. The Morgan fingerprint density at radius 1 is 1.27 bits per heavy atom. The first-order valence-electron chi connectivity index (χ1n) is 3.90. The highest BCUT2D eigenvalue weighted by Crippen LogP contribution is 2.07. The van der Waals surface area contributed by atoms with E-state index < -0.39 is 0 Å². The zero-order valence-corrected chi connectivity index (χ0v) is 8.52. The highest BCUT2D eigenvalue weighted by atomic mass is 35.5. The van der Waals surface area contributed by atoms with E-state index in [0.29, 0.717) is 0 Å². The van der Waals surface area contributed by atoms with Gasteiger partial charge in [-0.3, -0.25) is 0 Å². The van der Waals surface area contributed by atoms with Gasteiger partial charge in [0.05, 0.1) is 0 Å². The van der Waals surface area contributed by atoms with E-state index >= 15 is 0 Å². The quantitative estimate of drug-likeness (QED) is 0.646. The number of hydrogen-bond donors (Lipinski definition) is 0. The van der Waals surface area contributed by atoms with Crippen LogP contribution in [-0.4, -0.2) is 37.0 Å². The van der Waals surface area contributed by atoms with Crippen molar-refractivity contribution in [1.82, 2.24) is 9.80 Å². The smallest absolute Gasteiger partial charge is 0.115 e. The van der Waals surface area contributed by atoms with Crippen molar-refractivity contribution in [3.63, 3.8) is 0 Å². The van der Waals surface area contributed by atoms with Crippen LogP contribution in [0.3, 0.4) is 0 Å². The van der Waals surface area contributed by atoms with Crippen LogP contribution in [0.25, 0.3) is 0 Å². The first kappa shape index (κ1) is 10.6. The molecule has 3 heteroatoms. The van der Waals surface area contributed by atoms with Crippen LogP contribution >= 0.6 is 11.6 Å². The van der Waals surface area contributed by atoms with Crippen molar-refractivity contribution >= 4 is 11.6 Å². The highest BCUT2D eigenvalue weighted by Gasteiger charge is 2.05. The van der Waals surface area contributed by atoms with E-state index in [4.69, 9.17) is 11.6 Å². The lowest BCUT2D eigenvalue weighted by Gasteiger charge is -2.28. The number of nitrogens with zero attached hydrogens (tertiary/aromatic N) is 2. The van der Waals surface area contributed by atoms with Gasteiger partial charge in [-0.1, -0.05) is 11.6 Å². The average Bonchev–Trinajstić information content (AvgIpc) is 1.99. The minimum atomic E-state index is 0.993. The number of hydrogen-bond acceptors (Lipinski definition) is 2. The fourth-order valence-corrected chi connectivity index (χ4v) is 1.33. The van der Waals surface area contributed by atoms with Gasteiger partial charge in [-0.05, 0) is 13.8 Å². The molecule has 0 aromatic carbocycles. The van der Waals surface area contributed by atoms with E-state index in [9.17, 15) is 0 Å². The summed E-state index contributed by atoms with van der Waals surface area (Å²) in [4.78, 5) is 4.22. The standard InChI is InChI=1S/C8H17ClN2/c1-5-11(6-2)8(7-9)10(3)4/h7H,5-6H2,1-4H3/b8-7+. The molecule has 0 aliphatic carbocycles. The van der Waals surface area contributed by atoms with Gasteiger partial charge in [-0.15, -0.1) is 0 Å². The van der Waals surface area contributed by atoms with Gasteiger partial charge in [-0.2, -0.15) is 0 Å². The molecule has 0 rings (SSSR count). The maximum absolute atomic E-state index is 5.67. The van der Waals surface area contributed by atoms with E-state index in [-0.39, 0.29) is 0 Å². The van der Waals surface area contributed by atoms with E-state index in [1.54, 1.807) is 5.54 Å².